The molecule has 1 heterocycles. The molecule has 0 radical (unpaired) electrons. The van der Waals surface area contributed by atoms with E-state index in [2.05, 4.69) is 26.7 Å². The number of carbonyl (C=O) groups excluding carboxylic acids is 1. The Morgan fingerprint density at radius 1 is 1.03 bits per heavy atom. The average molecular weight is 390 g/mol. The quantitative estimate of drug-likeness (QED) is 0.628. The van der Waals surface area contributed by atoms with Crippen LogP contribution in [0.15, 0.2) is 48.5 Å². The van der Waals surface area contributed by atoms with Crippen molar-refractivity contribution in [2.75, 3.05) is 24.3 Å². The van der Waals surface area contributed by atoms with Crippen molar-refractivity contribution in [3.63, 3.8) is 0 Å². The molecule has 2 N–H and O–H groups in total. The molecule has 6 heteroatoms. The van der Waals surface area contributed by atoms with E-state index in [-0.39, 0.29) is 5.91 Å². The molecule has 150 valence electrons. The number of aryl methyl sites for hydroxylation is 2. The Bertz CT molecular complexity index is 1020. The molecular weight excluding hydrogens is 364 g/mol. The van der Waals surface area contributed by atoms with Gasteiger partial charge in [-0.3, -0.25) is 4.79 Å². The molecule has 0 aliphatic rings. The molecule has 1 amide bonds. The molecule has 6 nitrogen and oxygen atoms in total. The van der Waals surface area contributed by atoms with Crippen LogP contribution < -0.4 is 15.4 Å². The van der Waals surface area contributed by atoms with Crippen LogP contribution in [0.2, 0.25) is 0 Å². The van der Waals surface area contributed by atoms with Gasteiger partial charge in [-0.25, -0.2) is 9.97 Å². The molecule has 0 atom stereocenters. The fourth-order valence-electron chi connectivity index (χ4n) is 3.01. The standard InChI is InChI=1S/C23H26N4O2/c1-15-7-5-10-20(16(15)2)27-23(28)21-14-22(26-17(3)25-21)24-12-11-18-8-6-9-19(13-18)29-4/h5-10,13-14H,11-12H2,1-4H3,(H,27,28)(H,24,25,26). The largest absolute Gasteiger partial charge is 0.497 e. The Labute approximate surface area is 171 Å². The Hall–Kier alpha value is -3.41. The second kappa shape index (κ2) is 9.19. The number of anilines is 2. The van der Waals surface area contributed by atoms with Gasteiger partial charge in [-0.2, -0.15) is 0 Å². The average Bonchev–Trinajstić information content (AvgIpc) is 2.71. The number of aromatic nitrogens is 2. The van der Waals surface area contributed by atoms with Crippen molar-refractivity contribution in [1.82, 2.24) is 9.97 Å². The molecule has 0 bridgehead atoms. The molecule has 0 unspecified atom stereocenters. The van der Waals surface area contributed by atoms with Crippen LogP contribution in [0, 0.1) is 20.8 Å². The van der Waals surface area contributed by atoms with Gasteiger partial charge in [0.05, 0.1) is 7.11 Å². The minimum Gasteiger partial charge on any atom is -0.497 e. The maximum absolute atomic E-state index is 12.7. The number of nitrogens with zero attached hydrogens (tertiary/aromatic N) is 2. The normalized spacial score (nSPS) is 10.5. The molecule has 0 aliphatic heterocycles. The molecule has 1 aromatic heterocycles. The summed E-state index contributed by atoms with van der Waals surface area (Å²) in [6.45, 7) is 6.47. The first-order valence-corrected chi connectivity index (χ1v) is 9.56. The van der Waals surface area contributed by atoms with Gasteiger partial charge in [-0.1, -0.05) is 24.3 Å². The number of amides is 1. The summed E-state index contributed by atoms with van der Waals surface area (Å²) in [4.78, 5) is 21.4. The monoisotopic (exact) mass is 390 g/mol. The molecule has 3 rings (SSSR count). The van der Waals surface area contributed by atoms with Gasteiger partial charge in [0.2, 0.25) is 0 Å². The van der Waals surface area contributed by atoms with Gasteiger partial charge < -0.3 is 15.4 Å². The highest BCUT2D eigenvalue weighted by Gasteiger charge is 2.12. The third kappa shape index (κ3) is 5.31. The van der Waals surface area contributed by atoms with E-state index in [0.29, 0.717) is 23.9 Å². The fourth-order valence-corrected chi connectivity index (χ4v) is 3.01. The zero-order valence-corrected chi connectivity index (χ0v) is 17.2. The lowest BCUT2D eigenvalue weighted by Gasteiger charge is -2.12. The van der Waals surface area contributed by atoms with Crippen molar-refractivity contribution < 1.29 is 9.53 Å². The van der Waals surface area contributed by atoms with Crippen LogP contribution in [-0.4, -0.2) is 29.5 Å². The van der Waals surface area contributed by atoms with Gasteiger partial charge in [0.1, 0.15) is 23.1 Å². The van der Waals surface area contributed by atoms with Crippen LogP contribution in [0.25, 0.3) is 0 Å². The molecule has 0 spiro atoms. The number of carbonyl (C=O) groups is 1. The Morgan fingerprint density at radius 3 is 2.62 bits per heavy atom. The zero-order valence-electron chi connectivity index (χ0n) is 17.2. The third-order valence-corrected chi connectivity index (χ3v) is 4.78. The maximum Gasteiger partial charge on any atom is 0.274 e. The summed E-state index contributed by atoms with van der Waals surface area (Å²) in [5.41, 5.74) is 4.46. The van der Waals surface area contributed by atoms with Gasteiger partial charge in [-0.05, 0) is 62.1 Å². The van der Waals surface area contributed by atoms with E-state index in [1.165, 1.54) is 0 Å². The van der Waals surface area contributed by atoms with Gasteiger partial charge in [-0.15, -0.1) is 0 Å². The lowest BCUT2D eigenvalue weighted by atomic mass is 10.1. The number of hydrogen-bond donors (Lipinski definition) is 2. The van der Waals surface area contributed by atoms with Gasteiger partial charge >= 0.3 is 0 Å². The zero-order chi connectivity index (χ0) is 20.8. The van der Waals surface area contributed by atoms with Gasteiger partial charge in [0, 0.05) is 18.3 Å². The van der Waals surface area contributed by atoms with Crippen LogP contribution >= 0.6 is 0 Å². The van der Waals surface area contributed by atoms with Crippen molar-refractivity contribution in [1.29, 1.82) is 0 Å². The number of nitrogens with one attached hydrogen (secondary N) is 2. The summed E-state index contributed by atoms with van der Waals surface area (Å²) < 4.78 is 5.26. The van der Waals surface area contributed by atoms with Crippen LogP contribution in [0.3, 0.4) is 0 Å². The number of ether oxygens (including phenoxy) is 1. The van der Waals surface area contributed by atoms with E-state index in [1.54, 1.807) is 20.1 Å². The molecule has 2 aromatic carbocycles. The van der Waals surface area contributed by atoms with E-state index < -0.39 is 0 Å². The minimum absolute atomic E-state index is 0.250. The number of benzene rings is 2. The molecule has 0 saturated heterocycles. The van der Waals surface area contributed by atoms with E-state index in [1.807, 2.05) is 50.2 Å². The van der Waals surface area contributed by atoms with Crippen molar-refractivity contribution in [3.8, 4) is 5.75 Å². The highest BCUT2D eigenvalue weighted by atomic mass is 16.5. The van der Waals surface area contributed by atoms with Crippen LogP contribution in [-0.2, 0) is 6.42 Å². The maximum atomic E-state index is 12.7. The predicted molar refractivity (Wildman–Crippen MR) is 116 cm³/mol. The van der Waals surface area contributed by atoms with E-state index in [4.69, 9.17) is 4.74 Å². The topological polar surface area (TPSA) is 76.1 Å². The summed E-state index contributed by atoms with van der Waals surface area (Å²) in [6, 6.07) is 15.5. The Balaban J connectivity index is 1.67. The van der Waals surface area contributed by atoms with Gasteiger partial charge in [0.15, 0.2) is 0 Å². The van der Waals surface area contributed by atoms with Crippen molar-refractivity contribution >= 4 is 17.4 Å². The van der Waals surface area contributed by atoms with Gasteiger partial charge in [0.25, 0.3) is 5.91 Å². The predicted octanol–water partition coefficient (Wildman–Crippen LogP) is 4.32. The highest BCUT2D eigenvalue weighted by Crippen LogP contribution is 2.19. The van der Waals surface area contributed by atoms with Crippen molar-refractivity contribution in [2.24, 2.45) is 0 Å². The summed E-state index contributed by atoms with van der Waals surface area (Å²) >= 11 is 0. The molecule has 3 aromatic rings. The lowest BCUT2D eigenvalue weighted by Crippen LogP contribution is -2.17. The number of hydrogen-bond acceptors (Lipinski definition) is 5. The SMILES string of the molecule is COc1cccc(CCNc2cc(C(=O)Nc3cccc(C)c3C)nc(C)n2)c1. The van der Waals surface area contributed by atoms with E-state index in [0.717, 1.165) is 34.5 Å². The van der Waals surface area contributed by atoms with E-state index >= 15 is 0 Å². The summed E-state index contributed by atoms with van der Waals surface area (Å²) in [5, 5.41) is 6.22. The lowest BCUT2D eigenvalue weighted by molar-refractivity contribution is 0.102. The van der Waals surface area contributed by atoms with Crippen molar-refractivity contribution in [2.45, 2.75) is 27.2 Å². The van der Waals surface area contributed by atoms with Crippen molar-refractivity contribution in [3.05, 3.63) is 76.7 Å². The second-order valence-corrected chi connectivity index (χ2v) is 6.92. The van der Waals surface area contributed by atoms with Crippen LogP contribution in [0.1, 0.15) is 33.0 Å². The third-order valence-electron chi connectivity index (χ3n) is 4.78. The van der Waals surface area contributed by atoms with E-state index in [9.17, 15) is 4.79 Å². The minimum atomic E-state index is -0.250. The highest BCUT2D eigenvalue weighted by molar-refractivity contribution is 6.03. The molecule has 29 heavy (non-hydrogen) atoms. The van der Waals surface area contributed by atoms with Crippen LogP contribution in [0.4, 0.5) is 11.5 Å². The first kappa shape index (κ1) is 20.3. The summed E-state index contributed by atoms with van der Waals surface area (Å²) in [5.74, 6) is 1.76. The number of methoxy groups -OCH3 is 1. The molecule has 0 fully saturated rings. The second-order valence-electron chi connectivity index (χ2n) is 6.92. The summed E-state index contributed by atoms with van der Waals surface area (Å²) in [7, 11) is 1.66. The molecular formula is C23H26N4O2. The first-order chi connectivity index (χ1) is 14.0. The Kier molecular flexibility index (Phi) is 6.44. The number of rotatable bonds is 7. The summed E-state index contributed by atoms with van der Waals surface area (Å²) in [6.07, 6.45) is 0.810. The first-order valence-electron chi connectivity index (χ1n) is 9.56. The Morgan fingerprint density at radius 2 is 1.83 bits per heavy atom. The molecule has 0 saturated carbocycles. The molecule has 0 aliphatic carbocycles. The van der Waals surface area contributed by atoms with Crippen LogP contribution in [0.5, 0.6) is 5.75 Å². The smallest absolute Gasteiger partial charge is 0.274 e. The fraction of sp³-hybridized carbons (Fsp3) is 0.261.